The first-order valence-corrected chi connectivity index (χ1v) is 7.43. The minimum absolute atomic E-state index is 0.107. The van der Waals surface area contributed by atoms with Crippen molar-refractivity contribution in [2.45, 2.75) is 38.8 Å². The Kier molecular flexibility index (Phi) is 5.09. The van der Waals surface area contributed by atoms with Gasteiger partial charge in [-0.25, -0.2) is 0 Å². The lowest BCUT2D eigenvalue weighted by Crippen LogP contribution is -2.33. The second-order valence-electron chi connectivity index (χ2n) is 5.92. The van der Waals surface area contributed by atoms with Crippen LogP contribution in [0, 0.1) is 0 Å². The second-order valence-corrected chi connectivity index (χ2v) is 5.92. The van der Waals surface area contributed by atoms with Gasteiger partial charge in [0.1, 0.15) is 0 Å². The van der Waals surface area contributed by atoms with Crippen molar-refractivity contribution in [3.8, 4) is 0 Å². The summed E-state index contributed by atoms with van der Waals surface area (Å²) >= 11 is 0. The van der Waals surface area contributed by atoms with Crippen molar-refractivity contribution in [3.05, 3.63) is 47.0 Å². The predicted octanol–water partition coefficient (Wildman–Crippen LogP) is 4.55. The third kappa shape index (κ3) is 4.60. The summed E-state index contributed by atoms with van der Waals surface area (Å²) in [7, 11) is 0. The van der Waals surface area contributed by atoms with Crippen LogP contribution in [-0.4, -0.2) is 30.7 Å². The fourth-order valence-electron chi connectivity index (χ4n) is 2.53. The molecule has 0 amide bonds. The molecule has 1 aliphatic rings. The molecular formula is C17H22F3N. The van der Waals surface area contributed by atoms with E-state index in [1.165, 1.54) is 17.2 Å². The van der Waals surface area contributed by atoms with E-state index in [0.29, 0.717) is 19.0 Å². The summed E-state index contributed by atoms with van der Waals surface area (Å²) in [5, 5.41) is 0. The first-order chi connectivity index (χ1) is 9.86. The van der Waals surface area contributed by atoms with Gasteiger partial charge in [-0.05, 0) is 29.9 Å². The number of hydrogen-bond acceptors (Lipinski definition) is 1. The summed E-state index contributed by atoms with van der Waals surface area (Å²) in [6.45, 7) is 6.03. The summed E-state index contributed by atoms with van der Waals surface area (Å²) in [6.07, 6.45) is -1.84. The quantitative estimate of drug-likeness (QED) is 0.737. The van der Waals surface area contributed by atoms with Crippen LogP contribution in [0.4, 0.5) is 13.2 Å². The molecule has 1 aromatic carbocycles. The molecule has 1 heterocycles. The molecule has 0 saturated heterocycles. The van der Waals surface area contributed by atoms with Gasteiger partial charge in [-0.3, -0.25) is 4.90 Å². The van der Waals surface area contributed by atoms with Crippen LogP contribution in [0.25, 0.3) is 0 Å². The van der Waals surface area contributed by atoms with Gasteiger partial charge in [-0.1, -0.05) is 44.2 Å². The molecule has 0 aliphatic carbocycles. The second kappa shape index (κ2) is 6.65. The summed E-state index contributed by atoms with van der Waals surface area (Å²) in [5.41, 5.74) is 2.18. The van der Waals surface area contributed by atoms with Gasteiger partial charge in [-0.2, -0.15) is 13.2 Å². The zero-order chi connectivity index (χ0) is 15.5. The van der Waals surface area contributed by atoms with Crippen molar-refractivity contribution in [1.82, 2.24) is 4.90 Å². The van der Waals surface area contributed by atoms with Crippen LogP contribution in [0.3, 0.4) is 0 Å². The third-order valence-corrected chi connectivity index (χ3v) is 4.02. The fourth-order valence-corrected chi connectivity index (χ4v) is 2.53. The Balaban J connectivity index is 1.83. The number of rotatable bonds is 4. The average Bonchev–Trinajstić information content (AvgIpc) is 2.45. The van der Waals surface area contributed by atoms with Crippen molar-refractivity contribution in [3.63, 3.8) is 0 Å². The van der Waals surface area contributed by atoms with Gasteiger partial charge in [0.2, 0.25) is 0 Å². The lowest BCUT2D eigenvalue weighted by Gasteiger charge is -2.27. The molecule has 0 saturated carbocycles. The van der Waals surface area contributed by atoms with Crippen molar-refractivity contribution < 1.29 is 13.2 Å². The van der Waals surface area contributed by atoms with Crippen LogP contribution in [0.5, 0.6) is 0 Å². The van der Waals surface area contributed by atoms with Gasteiger partial charge in [0.15, 0.2) is 0 Å². The van der Waals surface area contributed by atoms with E-state index in [-0.39, 0.29) is 12.0 Å². The highest BCUT2D eigenvalue weighted by molar-refractivity contribution is 5.25. The van der Waals surface area contributed by atoms with Crippen LogP contribution in [0.2, 0.25) is 0 Å². The molecule has 0 unspecified atom stereocenters. The third-order valence-electron chi connectivity index (χ3n) is 4.02. The molecule has 2 rings (SSSR count). The highest BCUT2D eigenvalue weighted by atomic mass is 19.4. The molecule has 21 heavy (non-hydrogen) atoms. The van der Waals surface area contributed by atoms with Crippen molar-refractivity contribution in [2.75, 3.05) is 19.6 Å². The number of hydrogen-bond donors (Lipinski definition) is 0. The predicted molar refractivity (Wildman–Crippen MR) is 79.4 cm³/mol. The molecule has 1 aromatic rings. The van der Waals surface area contributed by atoms with Gasteiger partial charge in [0, 0.05) is 25.2 Å². The van der Waals surface area contributed by atoms with Gasteiger partial charge >= 0.3 is 6.18 Å². The highest BCUT2D eigenvalue weighted by Crippen LogP contribution is 2.30. The first-order valence-electron chi connectivity index (χ1n) is 7.43. The number of alkyl halides is 3. The molecule has 4 heteroatoms. The zero-order valence-electron chi connectivity index (χ0n) is 12.6. The van der Waals surface area contributed by atoms with Gasteiger partial charge in [0.05, 0.1) is 0 Å². The van der Waals surface area contributed by atoms with E-state index in [9.17, 15) is 13.2 Å². The van der Waals surface area contributed by atoms with Crippen LogP contribution in [0.15, 0.2) is 35.9 Å². The maximum absolute atomic E-state index is 12.5. The molecule has 1 nitrogen and oxygen atoms in total. The van der Waals surface area contributed by atoms with E-state index in [4.69, 9.17) is 0 Å². The SMILES string of the molecule is CC(C)c1ccc(CCN2CC=C(C(F)(F)F)CC2)cc1. The molecule has 0 aromatic heterocycles. The standard InChI is InChI=1S/C17H22F3N/c1-13(2)15-5-3-14(4-6-15)7-10-21-11-8-16(9-12-21)17(18,19)20/h3-6,8,13H,7,9-12H2,1-2H3. The van der Waals surface area contributed by atoms with Crippen LogP contribution in [-0.2, 0) is 6.42 Å². The van der Waals surface area contributed by atoms with Crippen LogP contribution >= 0.6 is 0 Å². The molecule has 1 aliphatic heterocycles. The Morgan fingerprint density at radius 2 is 1.81 bits per heavy atom. The summed E-state index contributed by atoms with van der Waals surface area (Å²) in [6, 6.07) is 8.52. The Morgan fingerprint density at radius 3 is 2.29 bits per heavy atom. The van der Waals surface area contributed by atoms with E-state index >= 15 is 0 Å². The molecule has 0 fully saturated rings. The normalized spacial score (nSPS) is 17.1. The van der Waals surface area contributed by atoms with E-state index in [2.05, 4.69) is 43.0 Å². The summed E-state index contributed by atoms with van der Waals surface area (Å²) < 4.78 is 37.6. The molecule has 116 valence electrons. The lowest BCUT2D eigenvalue weighted by atomic mass is 10.0. The Labute approximate surface area is 124 Å². The van der Waals surface area contributed by atoms with E-state index in [0.717, 1.165) is 13.0 Å². The minimum Gasteiger partial charge on any atom is -0.299 e. The van der Waals surface area contributed by atoms with Gasteiger partial charge in [-0.15, -0.1) is 0 Å². The Hall–Kier alpha value is -1.29. The van der Waals surface area contributed by atoms with Crippen molar-refractivity contribution in [2.24, 2.45) is 0 Å². The Bertz CT molecular complexity index is 486. The minimum atomic E-state index is -4.15. The molecule has 0 bridgehead atoms. The number of halogens is 3. The molecule has 0 N–H and O–H groups in total. The summed E-state index contributed by atoms with van der Waals surface area (Å²) in [5.74, 6) is 0.520. The topological polar surface area (TPSA) is 3.24 Å². The lowest BCUT2D eigenvalue weighted by molar-refractivity contribution is -0.0959. The maximum Gasteiger partial charge on any atom is 0.412 e. The highest BCUT2D eigenvalue weighted by Gasteiger charge is 2.34. The fraction of sp³-hybridized carbons (Fsp3) is 0.529. The molecule has 0 atom stereocenters. The van der Waals surface area contributed by atoms with Gasteiger partial charge in [0.25, 0.3) is 0 Å². The number of benzene rings is 1. The molecule has 0 radical (unpaired) electrons. The van der Waals surface area contributed by atoms with Gasteiger partial charge < -0.3 is 0 Å². The smallest absolute Gasteiger partial charge is 0.299 e. The van der Waals surface area contributed by atoms with Crippen LogP contribution in [0.1, 0.15) is 37.3 Å². The van der Waals surface area contributed by atoms with E-state index in [1.54, 1.807) is 0 Å². The first kappa shape index (κ1) is 16.1. The number of nitrogens with zero attached hydrogens (tertiary/aromatic N) is 1. The van der Waals surface area contributed by atoms with Crippen molar-refractivity contribution >= 4 is 0 Å². The van der Waals surface area contributed by atoms with Crippen molar-refractivity contribution in [1.29, 1.82) is 0 Å². The largest absolute Gasteiger partial charge is 0.412 e. The molecular weight excluding hydrogens is 275 g/mol. The molecule has 0 spiro atoms. The van der Waals surface area contributed by atoms with E-state index in [1.807, 2.05) is 0 Å². The van der Waals surface area contributed by atoms with Crippen LogP contribution < -0.4 is 0 Å². The van der Waals surface area contributed by atoms with E-state index < -0.39 is 6.18 Å². The average molecular weight is 297 g/mol. The zero-order valence-corrected chi connectivity index (χ0v) is 12.6. The Morgan fingerprint density at radius 1 is 1.14 bits per heavy atom. The maximum atomic E-state index is 12.5. The summed E-state index contributed by atoms with van der Waals surface area (Å²) in [4.78, 5) is 2.07. The monoisotopic (exact) mass is 297 g/mol.